The average molecular weight is 454 g/mol. The number of pyridine rings is 1. The molecule has 0 radical (unpaired) electrons. The van der Waals surface area contributed by atoms with Crippen molar-refractivity contribution in [3.63, 3.8) is 0 Å². The van der Waals surface area contributed by atoms with Crippen molar-refractivity contribution < 1.29 is 18.7 Å². The molecule has 2 unspecified atom stereocenters. The second kappa shape index (κ2) is 7.25. The quantitative estimate of drug-likeness (QED) is 0.649. The Balaban J connectivity index is 1.63. The number of rotatable bonds is 1. The number of nitrogens with zero attached hydrogens (tertiary/aromatic N) is 4. The summed E-state index contributed by atoms with van der Waals surface area (Å²) in [7, 11) is 0. The van der Waals surface area contributed by atoms with E-state index in [1.807, 2.05) is 6.92 Å². The number of aliphatic hydroxyl groups excluding tert-OH is 1. The van der Waals surface area contributed by atoms with Crippen molar-refractivity contribution in [3.05, 3.63) is 45.7 Å². The standard InChI is InChI=1S/C18H18BrF2N5O2/c1-9-6-14-11(16-12(20)7-10(27)3-5-26(16)24-14)8-25(9)18(28)23-13-2-4-22-17(19)15(13)21/h2,4,7,9-10,27H,3,5-6,8H2,1H3,(H,22,23,28). The number of halogens is 3. The molecule has 0 fully saturated rings. The van der Waals surface area contributed by atoms with Gasteiger partial charge >= 0.3 is 6.03 Å². The van der Waals surface area contributed by atoms with Gasteiger partial charge in [-0.2, -0.15) is 5.10 Å². The summed E-state index contributed by atoms with van der Waals surface area (Å²) >= 11 is 2.99. The minimum Gasteiger partial charge on any atom is -0.389 e. The van der Waals surface area contributed by atoms with Crippen LogP contribution in [0.1, 0.15) is 30.3 Å². The van der Waals surface area contributed by atoms with Gasteiger partial charge in [0, 0.05) is 30.8 Å². The van der Waals surface area contributed by atoms with Crippen LogP contribution in [-0.4, -0.2) is 42.9 Å². The first-order valence-corrected chi connectivity index (χ1v) is 9.66. The monoisotopic (exact) mass is 453 g/mol. The van der Waals surface area contributed by atoms with Crippen LogP contribution in [-0.2, 0) is 19.5 Å². The maximum absolute atomic E-state index is 14.6. The molecule has 0 saturated carbocycles. The normalized spacial score (nSPS) is 21.5. The zero-order chi connectivity index (χ0) is 20.0. The van der Waals surface area contributed by atoms with Gasteiger partial charge in [0.05, 0.1) is 24.0 Å². The first kappa shape index (κ1) is 19.0. The number of urea groups is 1. The molecule has 2 aliphatic heterocycles. The Morgan fingerprint density at radius 2 is 2.21 bits per heavy atom. The smallest absolute Gasteiger partial charge is 0.322 e. The van der Waals surface area contributed by atoms with Crippen molar-refractivity contribution in [3.8, 4) is 0 Å². The van der Waals surface area contributed by atoms with Crippen LogP contribution in [0.2, 0.25) is 0 Å². The molecule has 10 heteroatoms. The Morgan fingerprint density at radius 1 is 1.43 bits per heavy atom. The number of nitrogens with one attached hydrogen (secondary N) is 1. The van der Waals surface area contributed by atoms with Gasteiger partial charge in [0.15, 0.2) is 5.82 Å². The highest BCUT2D eigenvalue weighted by molar-refractivity contribution is 9.10. The summed E-state index contributed by atoms with van der Waals surface area (Å²) in [5.74, 6) is -1.21. The summed E-state index contributed by atoms with van der Waals surface area (Å²) in [5, 5.41) is 16.8. The summed E-state index contributed by atoms with van der Waals surface area (Å²) < 4.78 is 30.3. The molecule has 2 N–H and O–H groups in total. The Kier molecular flexibility index (Phi) is 4.92. The van der Waals surface area contributed by atoms with Gasteiger partial charge in [0.2, 0.25) is 0 Å². The predicted molar refractivity (Wildman–Crippen MR) is 102 cm³/mol. The van der Waals surface area contributed by atoms with Crippen LogP contribution in [0.5, 0.6) is 0 Å². The molecule has 28 heavy (non-hydrogen) atoms. The van der Waals surface area contributed by atoms with E-state index in [-0.39, 0.29) is 22.9 Å². The number of carbonyl (C=O) groups is 1. The summed E-state index contributed by atoms with van der Waals surface area (Å²) in [4.78, 5) is 18.1. The number of carbonyl (C=O) groups excluding carboxylic acids is 1. The summed E-state index contributed by atoms with van der Waals surface area (Å²) in [5.41, 5.74) is 1.67. The SMILES string of the molecule is CC1Cc2nn3c(c2CN1C(=O)Nc1ccnc(Br)c1F)C(F)=CC(O)CC3. The minimum atomic E-state index is -0.868. The number of hydrogen-bond donors (Lipinski definition) is 2. The fraction of sp³-hybridized carbons (Fsp3) is 0.389. The molecule has 2 atom stereocenters. The van der Waals surface area contributed by atoms with Gasteiger partial charge in [-0.05, 0) is 41.4 Å². The van der Waals surface area contributed by atoms with E-state index in [2.05, 4.69) is 31.3 Å². The van der Waals surface area contributed by atoms with E-state index in [0.717, 1.165) is 5.69 Å². The molecule has 2 aliphatic rings. The van der Waals surface area contributed by atoms with Crippen LogP contribution in [0.15, 0.2) is 22.9 Å². The van der Waals surface area contributed by atoms with Crippen LogP contribution in [0.25, 0.3) is 5.83 Å². The molecule has 2 amide bonds. The van der Waals surface area contributed by atoms with E-state index in [1.54, 1.807) is 4.68 Å². The molecule has 0 bridgehead atoms. The Hall–Kier alpha value is -2.33. The van der Waals surface area contributed by atoms with E-state index >= 15 is 0 Å². The van der Waals surface area contributed by atoms with Crippen LogP contribution in [0.3, 0.4) is 0 Å². The maximum atomic E-state index is 14.6. The van der Waals surface area contributed by atoms with Gasteiger partial charge in [-0.15, -0.1) is 0 Å². The van der Waals surface area contributed by atoms with E-state index in [1.165, 1.54) is 23.2 Å². The minimum absolute atomic E-state index is 0.00648. The molecule has 0 spiro atoms. The van der Waals surface area contributed by atoms with Crippen molar-refractivity contribution in [2.75, 3.05) is 5.32 Å². The highest BCUT2D eigenvalue weighted by Gasteiger charge is 2.34. The molecule has 2 aromatic rings. The van der Waals surface area contributed by atoms with E-state index < -0.39 is 23.8 Å². The molecule has 4 heterocycles. The van der Waals surface area contributed by atoms with E-state index in [4.69, 9.17) is 0 Å². The van der Waals surface area contributed by atoms with Crippen molar-refractivity contribution >= 4 is 33.5 Å². The van der Waals surface area contributed by atoms with Gasteiger partial charge in [0.25, 0.3) is 0 Å². The highest BCUT2D eigenvalue weighted by Crippen LogP contribution is 2.33. The van der Waals surface area contributed by atoms with Crippen LogP contribution in [0, 0.1) is 5.82 Å². The Morgan fingerprint density at radius 3 is 3.00 bits per heavy atom. The fourth-order valence-electron chi connectivity index (χ4n) is 3.58. The zero-order valence-corrected chi connectivity index (χ0v) is 16.6. The van der Waals surface area contributed by atoms with E-state index in [0.29, 0.717) is 30.6 Å². The van der Waals surface area contributed by atoms with Gasteiger partial charge in [-0.1, -0.05) is 0 Å². The van der Waals surface area contributed by atoms with Gasteiger partial charge in [-0.3, -0.25) is 4.68 Å². The Bertz CT molecular complexity index is 977. The number of fused-ring (bicyclic) bond motifs is 3. The molecule has 0 saturated heterocycles. The lowest BCUT2D eigenvalue weighted by atomic mass is 9.99. The van der Waals surface area contributed by atoms with Gasteiger partial charge in [0.1, 0.15) is 16.1 Å². The zero-order valence-electron chi connectivity index (χ0n) is 15.0. The lowest BCUT2D eigenvalue weighted by Crippen LogP contribution is -2.45. The third-order valence-electron chi connectivity index (χ3n) is 5.03. The van der Waals surface area contributed by atoms with Crippen molar-refractivity contribution in [1.29, 1.82) is 0 Å². The lowest BCUT2D eigenvalue weighted by Gasteiger charge is -2.33. The predicted octanol–water partition coefficient (Wildman–Crippen LogP) is 3.23. The van der Waals surface area contributed by atoms with Gasteiger partial charge in [-0.25, -0.2) is 18.6 Å². The third kappa shape index (κ3) is 3.30. The first-order chi connectivity index (χ1) is 13.3. The Labute approximate surface area is 168 Å². The third-order valence-corrected chi connectivity index (χ3v) is 5.59. The topological polar surface area (TPSA) is 83.3 Å². The number of amides is 2. The van der Waals surface area contributed by atoms with Crippen molar-refractivity contribution in [2.24, 2.45) is 0 Å². The van der Waals surface area contributed by atoms with Crippen LogP contribution >= 0.6 is 15.9 Å². The molecule has 7 nitrogen and oxygen atoms in total. The van der Waals surface area contributed by atoms with Crippen LogP contribution < -0.4 is 5.32 Å². The van der Waals surface area contributed by atoms with Gasteiger partial charge < -0.3 is 15.3 Å². The first-order valence-electron chi connectivity index (χ1n) is 8.87. The number of hydrogen-bond acceptors (Lipinski definition) is 4. The highest BCUT2D eigenvalue weighted by atomic mass is 79.9. The maximum Gasteiger partial charge on any atom is 0.322 e. The molecule has 4 rings (SSSR count). The van der Waals surface area contributed by atoms with Crippen molar-refractivity contribution in [1.82, 2.24) is 19.7 Å². The molecule has 148 valence electrons. The number of anilines is 1. The average Bonchev–Trinajstić information content (AvgIpc) is 2.93. The summed E-state index contributed by atoms with van der Waals surface area (Å²) in [6.45, 7) is 2.40. The second-order valence-electron chi connectivity index (χ2n) is 6.94. The van der Waals surface area contributed by atoms with Crippen molar-refractivity contribution in [2.45, 2.75) is 45.0 Å². The molecule has 2 aromatic heterocycles. The fourth-order valence-corrected chi connectivity index (χ4v) is 3.92. The molecule has 0 aliphatic carbocycles. The number of aliphatic hydroxyl groups is 1. The number of aromatic nitrogens is 3. The summed E-state index contributed by atoms with van der Waals surface area (Å²) in [6, 6.07) is 0.680. The molecular weight excluding hydrogens is 436 g/mol. The molecular formula is C18H18BrF2N5O2. The second-order valence-corrected chi connectivity index (χ2v) is 7.69. The molecule has 0 aromatic carbocycles. The van der Waals surface area contributed by atoms with Crippen LogP contribution in [0.4, 0.5) is 19.3 Å². The number of aryl methyl sites for hydroxylation is 1. The lowest BCUT2D eigenvalue weighted by molar-refractivity contribution is 0.181. The summed E-state index contributed by atoms with van der Waals surface area (Å²) in [6.07, 6.45) is 2.52. The largest absolute Gasteiger partial charge is 0.389 e. The van der Waals surface area contributed by atoms with E-state index in [9.17, 15) is 18.7 Å².